The van der Waals surface area contributed by atoms with Crippen molar-refractivity contribution in [2.45, 2.75) is 44.5 Å². The van der Waals surface area contributed by atoms with Gasteiger partial charge in [0.25, 0.3) is 0 Å². The molecule has 1 fully saturated rings. The zero-order valence-electron chi connectivity index (χ0n) is 9.30. The minimum absolute atomic E-state index is 0.0288. The molecule has 0 radical (unpaired) electrons. The van der Waals surface area contributed by atoms with Gasteiger partial charge in [-0.3, -0.25) is 0 Å². The minimum Gasteiger partial charge on any atom is -0.487 e. The molecule has 88 valence electrons. The summed E-state index contributed by atoms with van der Waals surface area (Å²) in [5, 5.41) is 19.0. The summed E-state index contributed by atoms with van der Waals surface area (Å²) in [6.45, 7) is -0.0288. The number of ether oxygens (including phenoxy) is 1. The van der Waals surface area contributed by atoms with Crippen molar-refractivity contribution in [2.24, 2.45) is 0 Å². The lowest BCUT2D eigenvalue weighted by Gasteiger charge is -2.28. The second-order valence-corrected chi connectivity index (χ2v) is 4.27. The van der Waals surface area contributed by atoms with Crippen LogP contribution in [0.25, 0.3) is 0 Å². The molecule has 0 bridgehead atoms. The Kier molecular flexibility index (Phi) is 3.80. The van der Waals surface area contributed by atoms with Gasteiger partial charge in [-0.2, -0.15) is 0 Å². The van der Waals surface area contributed by atoms with Gasteiger partial charge in [0.15, 0.2) is 0 Å². The molecule has 3 heteroatoms. The van der Waals surface area contributed by atoms with Gasteiger partial charge in [-0.05, 0) is 25.3 Å². The van der Waals surface area contributed by atoms with Gasteiger partial charge in [0.2, 0.25) is 0 Å². The highest BCUT2D eigenvalue weighted by Gasteiger charge is 2.25. The average Bonchev–Trinajstić information content (AvgIpc) is 2.33. The Labute approximate surface area is 95.7 Å². The summed E-state index contributed by atoms with van der Waals surface area (Å²) in [5.41, 5.74) is 0.778. The number of rotatable bonds is 3. The van der Waals surface area contributed by atoms with E-state index in [9.17, 15) is 10.2 Å². The van der Waals surface area contributed by atoms with Gasteiger partial charge in [-0.15, -0.1) is 0 Å². The molecule has 0 saturated heterocycles. The maximum absolute atomic E-state index is 9.81. The van der Waals surface area contributed by atoms with Gasteiger partial charge in [0.05, 0.1) is 12.7 Å². The fraction of sp³-hybridized carbons (Fsp3) is 0.538. The lowest BCUT2D eigenvalue weighted by Crippen LogP contribution is -2.34. The van der Waals surface area contributed by atoms with Crippen LogP contribution >= 0.6 is 0 Å². The quantitative estimate of drug-likeness (QED) is 0.820. The van der Waals surface area contributed by atoms with E-state index in [1.807, 2.05) is 24.3 Å². The van der Waals surface area contributed by atoms with Crippen molar-refractivity contribution in [3.05, 3.63) is 29.8 Å². The molecule has 1 saturated carbocycles. The van der Waals surface area contributed by atoms with Crippen LogP contribution in [0.4, 0.5) is 0 Å². The third-order valence-corrected chi connectivity index (χ3v) is 3.09. The Balaban J connectivity index is 2.07. The van der Waals surface area contributed by atoms with Crippen molar-refractivity contribution in [3.63, 3.8) is 0 Å². The number of benzene rings is 1. The van der Waals surface area contributed by atoms with Crippen LogP contribution in [0, 0.1) is 0 Å². The van der Waals surface area contributed by atoms with Crippen LogP contribution in [0.15, 0.2) is 24.3 Å². The topological polar surface area (TPSA) is 49.7 Å². The average molecular weight is 222 g/mol. The van der Waals surface area contributed by atoms with Gasteiger partial charge >= 0.3 is 0 Å². The molecule has 0 amide bonds. The van der Waals surface area contributed by atoms with E-state index >= 15 is 0 Å². The van der Waals surface area contributed by atoms with E-state index in [2.05, 4.69) is 0 Å². The first-order valence-corrected chi connectivity index (χ1v) is 5.84. The fourth-order valence-electron chi connectivity index (χ4n) is 2.13. The van der Waals surface area contributed by atoms with Crippen LogP contribution in [0.1, 0.15) is 31.2 Å². The molecule has 2 atom stereocenters. The van der Waals surface area contributed by atoms with Crippen LogP contribution < -0.4 is 4.74 Å². The molecular formula is C13H18O3. The lowest BCUT2D eigenvalue weighted by molar-refractivity contribution is 0.00587. The van der Waals surface area contributed by atoms with Crippen molar-refractivity contribution >= 4 is 0 Å². The van der Waals surface area contributed by atoms with Crippen molar-refractivity contribution in [1.29, 1.82) is 0 Å². The molecule has 0 aliphatic heterocycles. The molecule has 2 unspecified atom stereocenters. The van der Waals surface area contributed by atoms with Gasteiger partial charge in [0.1, 0.15) is 11.9 Å². The maximum Gasteiger partial charge on any atom is 0.125 e. The standard InChI is InChI=1S/C13H18O3/c14-9-10-5-1-3-7-12(10)16-13-8-4-2-6-11(13)15/h1,3,5,7,11,13-15H,2,4,6,8-9H2. The highest BCUT2D eigenvalue weighted by molar-refractivity contribution is 5.32. The van der Waals surface area contributed by atoms with E-state index < -0.39 is 0 Å². The Morgan fingerprint density at radius 1 is 1.19 bits per heavy atom. The van der Waals surface area contributed by atoms with Crippen LogP contribution in [0.3, 0.4) is 0 Å². The molecule has 1 aromatic rings. The van der Waals surface area contributed by atoms with Crippen LogP contribution in [0.5, 0.6) is 5.75 Å². The monoisotopic (exact) mass is 222 g/mol. The number of aliphatic hydroxyl groups excluding tert-OH is 2. The predicted molar refractivity (Wildman–Crippen MR) is 61.3 cm³/mol. The molecular weight excluding hydrogens is 204 g/mol. The zero-order chi connectivity index (χ0) is 11.4. The van der Waals surface area contributed by atoms with Crippen LogP contribution in [-0.2, 0) is 6.61 Å². The first kappa shape index (κ1) is 11.4. The number of aliphatic hydroxyl groups is 2. The summed E-state index contributed by atoms with van der Waals surface area (Å²) in [6, 6.07) is 7.43. The molecule has 1 aromatic carbocycles. The Hall–Kier alpha value is -1.06. The molecule has 3 nitrogen and oxygen atoms in total. The maximum atomic E-state index is 9.81. The fourth-order valence-corrected chi connectivity index (χ4v) is 2.13. The van der Waals surface area contributed by atoms with E-state index in [0.29, 0.717) is 5.75 Å². The minimum atomic E-state index is -0.375. The van der Waals surface area contributed by atoms with E-state index in [-0.39, 0.29) is 18.8 Å². The van der Waals surface area contributed by atoms with Gasteiger partial charge in [-0.1, -0.05) is 24.6 Å². The molecule has 2 rings (SSSR count). The summed E-state index contributed by atoms with van der Waals surface area (Å²) in [7, 11) is 0. The summed E-state index contributed by atoms with van der Waals surface area (Å²) in [5.74, 6) is 0.691. The normalized spacial score (nSPS) is 25.4. The number of para-hydroxylation sites is 1. The molecule has 0 spiro atoms. The van der Waals surface area contributed by atoms with E-state index in [4.69, 9.17) is 4.74 Å². The summed E-state index contributed by atoms with van der Waals surface area (Å²) in [4.78, 5) is 0. The SMILES string of the molecule is OCc1ccccc1OC1CCCCC1O. The first-order valence-electron chi connectivity index (χ1n) is 5.84. The van der Waals surface area contributed by atoms with E-state index in [1.165, 1.54) is 0 Å². The Morgan fingerprint density at radius 2 is 1.94 bits per heavy atom. The third-order valence-electron chi connectivity index (χ3n) is 3.09. The largest absolute Gasteiger partial charge is 0.487 e. The summed E-state index contributed by atoms with van der Waals surface area (Å²) >= 11 is 0. The Bertz CT molecular complexity index is 338. The highest BCUT2D eigenvalue weighted by Crippen LogP contribution is 2.26. The van der Waals surface area contributed by atoms with Crippen LogP contribution in [0.2, 0.25) is 0 Å². The summed E-state index contributed by atoms with van der Waals surface area (Å²) in [6.07, 6.45) is 3.38. The van der Waals surface area contributed by atoms with Crippen molar-refractivity contribution < 1.29 is 14.9 Å². The third kappa shape index (κ3) is 2.54. The lowest BCUT2D eigenvalue weighted by atomic mass is 9.95. The molecule has 0 heterocycles. The smallest absolute Gasteiger partial charge is 0.125 e. The summed E-state index contributed by atoms with van der Waals surface area (Å²) < 4.78 is 5.78. The molecule has 0 aromatic heterocycles. The molecule has 1 aliphatic rings. The number of hydrogen-bond donors (Lipinski definition) is 2. The second kappa shape index (κ2) is 5.32. The van der Waals surface area contributed by atoms with Crippen molar-refractivity contribution in [3.8, 4) is 5.75 Å². The van der Waals surface area contributed by atoms with Gasteiger partial charge in [-0.25, -0.2) is 0 Å². The van der Waals surface area contributed by atoms with Crippen molar-refractivity contribution in [2.75, 3.05) is 0 Å². The van der Waals surface area contributed by atoms with Crippen molar-refractivity contribution in [1.82, 2.24) is 0 Å². The molecule has 16 heavy (non-hydrogen) atoms. The Morgan fingerprint density at radius 3 is 2.69 bits per heavy atom. The molecule has 1 aliphatic carbocycles. The highest BCUT2D eigenvalue weighted by atomic mass is 16.5. The zero-order valence-corrected chi connectivity index (χ0v) is 9.30. The number of hydrogen-bond acceptors (Lipinski definition) is 3. The predicted octanol–water partition coefficient (Wildman–Crippen LogP) is 1.86. The molecule has 2 N–H and O–H groups in total. The van der Waals surface area contributed by atoms with E-state index in [0.717, 1.165) is 31.2 Å². The van der Waals surface area contributed by atoms with E-state index in [1.54, 1.807) is 0 Å². The first-order chi connectivity index (χ1) is 7.81. The van der Waals surface area contributed by atoms with Gasteiger partial charge < -0.3 is 14.9 Å². The van der Waals surface area contributed by atoms with Gasteiger partial charge in [0, 0.05) is 5.56 Å². The second-order valence-electron chi connectivity index (χ2n) is 4.27. The van der Waals surface area contributed by atoms with Crippen LogP contribution in [-0.4, -0.2) is 22.4 Å².